The van der Waals surface area contributed by atoms with Crippen LogP contribution in [-0.4, -0.2) is 37.2 Å². The first kappa shape index (κ1) is 74.9. The number of rotatable bonds is 65. The summed E-state index contributed by atoms with van der Waals surface area (Å²) in [6, 6.07) is 0. The molecule has 0 N–H and O–H groups in total. The molecule has 454 valence electrons. The van der Waals surface area contributed by atoms with Crippen LogP contribution in [0.4, 0.5) is 0 Å². The molecule has 6 nitrogen and oxygen atoms in total. The molecule has 77 heavy (non-hydrogen) atoms. The van der Waals surface area contributed by atoms with E-state index in [1.54, 1.807) is 0 Å². The van der Waals surface area contributed by atoms with Crippen LogP contribution in [0, 0.1) is 0 Å². The number of allylic oxidation sites excluding steroid dienone is 4. The molecule has 0 spiro atoms. The van der Waals surface area contributed by atoms with Gasteiger partial charge in [0, 0.05) is 19.3 Å². The molecule has 1 atom stereocenters. The Labute approximate surface area is 481 Å². The van der Waals surface area contributed by atoms with Crippen molar-refractivity contribution in [3.63, 3.8) is 0 Å². The maximum atomic E-state index is 12.9. The Morgan fingerprint density at radius 3 is 0.688 bits per heavy atom. The van der Waals surface area contributed by atoms with E-state index in [0.29, 0.717) is 19.3 Å². The molecule has 6 heteroatoms. The molecule has 1 unspecified atom stereocenters. The first-order valence-corrected chi connectivity index (χ1v) is 34.8. The SMILES string of the molecule is CCCCC/C=C\CCCCCCCC(=O)OCC(COC(=O)CCCCCCCCCCCCCCCCCCCCCCCCCCCCCCCCCCCC)OC(=O)CCCCCCC/C=C\CCCCCC. The molecular weight excluding hydrogens is 949 g/mol. The van der Waals surface area contributed by atoms with Crippen LogP contribution in [0.3, 0.4) is 0 Å². The fourth-order valence-electron chi connectivity index (χ4n) is 10.7. The van der Waals surface area contributed by atoms with E-state index in [9.17, 15) is 14.4 Å². The van der Waals surface area contributed by atoms with Crippen LogP contribution < -0.4 is 0 Å². The number of hydrogen-bond donors (Lipinski definition) is 0. The van der Waals surface area contributed by atoms with Gasteiger partial charge in [0.25, 0.3) is 0 Å². The second-order valence-electron chi connectivity index (χ2n) is 23.8. The van der Waals surface area contributed by atoms with Gasteiger partial charge in [-0.05, 0) is 70.6 Å². The monoisotopic (exact) mass is 1080 g/mol. The fraction of sp³-hybridized carbons (Fsp3) is 0.901. The predicted octanol–water partition coefficient (Wildman–Crippen LogP) is 23.8. The highest BCUT2D eigenvalue weighted by atomic mass is 16.6. The average molecular weight is 1080 g/mol. The van der Waals surface area contributed by atoms with E-state index in [2.05, 4.69) is 45.1 Å². The van der Waals surface area contributed by atoms with Crippen LogP contribution in [0.2, 0.25) is 0 Å². The van der Waals surface area contributed by atoms with Crippen molar-refractivity contribution >= 4 is 17.9 Å². The molecule has 0 aliphatic heterocycles. The molecule has 0 heterocycles. The van der Waals surface area contributed by atoms with E-state index >= 15 is 0 Å². The van der Waals surface area contributed by atoms with Crippen molar-refractivity contribution in [2.75, 3.05) is 13.2 Å². The van der Waals surface area contributed by atoms with Crippen molar-refractivity contribution < 1.29 is 28.6 Å². The Hall–Kier alpha value is -2.11. The summed E-state index contributed by atoms with van der Waals surface area (Å²) < 4.78 is 16.9. The molecule has 0 bridgehead atoms. The molecule has 0 radical (unpaired) electrons. The highest BCUT2D eigenvalue weighted by Crippen LogP contribution is 2.19. The second kappa shape index (κ2) is 66.4. The van der Waals surface area contributed by atoms with Crippen LogP contribution in [0.15, 0.2) is 24.3 Å². The zero-order valence-corrected chi connectivity index (χ0v) is 52.3. The quantitative estimate of drug-likeness (QED) is 0.0261. The Morgan fingerprint density at radius 2 is 0.429 bits per heavy atom. The van der Waals surface area contributed by atoms with E-state index in [-0.39, 0.29) is 31.1 Å². The lowest BCUT2D eigenvalue weighted by Crippen LogP contribution is -2.30. The highest BCUT2D eigenvalue weighted by molar-refractivity contribution is 5.71. The standard InChI is InChI=1S/C71H134O6/c1-4-7-10-13-16-19-22-25-26-27-28-29-30-31-32-33-34-35-36-37-38-39-40-41-42-43-44-45-47-49-52-55-58-61-64-70(73)76-67-68(66-75-69(72)63-60-57-54-51-48-24-21-18-15-12-9-6-3)77-71(74)65-62-59-56-53-50-46-23-20-17-14-11-8-5-2/h18,20-21,23,68H,4-17,19,22,24-67H2,1-3H3/b21-18-,23-20-. The van der Waals surface area contributed by atoms with Crippen LogP contribution in [0.1, 0.15) is 393 Å². The van der Waals surface area contributed by atoms with Crippen LogP contribution >= 0.6 is 0 Å². The Bertz CT molecular complexity index is 1240. The number of ether oxygens (including phenoxy) is 3. The van der Waals surface area contributed by atoms with Gasteiger partial charge in [0.15, 0.2) is 6.10 Å². The number of unbranched alkanes of at least 4 members (excludes halogenated alkanes) is 50. The number of carbonyl (C=O) groups is 3. The summed E-state index contributed by atoms with van der Waals surface area (Å²) in [6.07, 6.45) is 81.0. The van der Waals surface area contributed by atoms with Crippen LogP contribution in [-0.2, 0) is 28.6 Å². The van der Waals surface area contributed by atoms with Gasteiger partial charge in [-0.1, -0.05) is 328 Å². The van der Waals surface area contributed by atoms with Crippen LogP contribution in [0.5, 0.6) is 0 Å². The summed E-state index contributed by atoms with van der Waals surface area (Å²) in [7, 11) is 0. The molecular formula is C71H134O6. The third kappa shape index (κ3) is 64.6. The average Bonchev–Trinajstić information content (AvgIpc) is 3.43. The van der Waals surface area contributed by atoms with Gasteiger partial charge in [-0.15, -0.1) is 0 Å². The first-order chi connectivity index (χ1) is 38.0. The lowest BCUT2D eigenvalue weighted by atomic mass is 10.0. The Morgan fingerprint density at radius 1 is 0.247 bits per heavy atom. The molecule has 0 rings (SSSR count). The number of carbonyl (C=O) groups excluding carboxylic acids is 3. The van der Waals surface area contributed by atoms with Crippen molar-refractivity contribution in [2.24, 2.45) is 0 Å². The highest BCUT2D eigenvalue weighted by Gasteiger charge is 2.19. The van der Waals surface area contributed by atoms with E-state index in [4.69, 9.17) is 14.2 Å². The molecule has 0 fully saturated rings. The van der Waals surface area contributed by atoms with E-state index in [1.807, 2.05) is 0 Å². The molecule has 0 aromatic heterocycles. The minimum atomic E-state index is -0.776. The zero-order valence-electron chi connectivity index (χ0n) is 52.3. The van der Waals surface area contributed by atoms with Gasteiger partial charge in [0.05, 0.1) is 0 Å². The minimum absolute atomic E-state index is 0.0727. The predicted molar refractivity (Wildman–Crippen MR) is 335 cm³/mol. The zero-order chi connectivity index (χ0) is 55.7. The van der Waals surface area contributed by atoms with E-state index in [1.165, 1.54) is 283 Å². The normalized spacial score (nSPS) is 12.1. The largest absolute Gasteiger partial charge is 0.462 e. The molecule has 0 saturated carbocycles. The Kier molecular flexibility index (Phi) is 64.6. The lowest BCUT2D eigenvalue weighted by molar-refractivity contribution is -0.167. The van der Waals surface area contributed by atoms with Crippen molar-refractivity contribution in [3.8, 4) is 0 Å². The lowest BCUT2D eigenvalue weighted by Gasteiger charge is -2.18. The van der Waals surface area contributed by atoms with Gasteiger partial charge in [0.2, 0.25) is 0 Å². The van der Waals surface area contributed by atoms with Gasteiger partial charge in [-0.2, -0.15) is 0 Å². The summed E-state index contributed by atoms with van der Waals surface area (Å²) in [5.74, 6) is -0.868. The Balaban J connectivity index is 3.99. The minimum Gasteiger partial charge on any atom is -0.462 e. The third-order valence-corrected chi connectivity index (χ3v) is 15.9. The van der Waals surface area contributed by atoms with Crippen LogP contribution in [0.25, 0.3) is 0 Å². The van der Waals surface area contributed by atoms with Gasteiger partial charge in [0.1, 0.15) is 13.2 Å². The summed E-state index contributed by atoms with van der Waals surface area (Å²) in [5, 5.41) is 0. The van der Waals surface area contributed by atoms with Gasteiger partial charge in [-0.25, -0.2) is 0 Å². The second-order valence-corrected chi connectivity index (χ2v) is 23.8. The molecule has 0 aromatic carbocycles. The third-order valence-electron chi connectivity index (χ3n) is 15.9. The summed E-state index contributed by atoms with van der Waals surface area (Å²) >= 11 is 0. The van der Waals surface area contributed by atoms with Crippen molar-refractivity contribution in [3.05, 3.63) is 24.3 Å². The first-order valence-electron chi connectivity index (χ1n) is 34.8. The number of esters is 3. The maximum absolute atomic E-state index is 12.9. The maximum Gasteiger partial charge on any atom is 0.306 e. The summed E-state index contributed by atoms with van der Waals surface area (Å²) in [6.45, 7) is 6.65. The van der Waals surface area contributed by atoms with E-state index < -0.39 is 6.10 Å². The van der Waals surface area contributed by atoms with E-state index in [0.717, 1.165) is 70.6 Å². The van der Waals surface area contributed by atoms with Crippen molar-refractivity contribution in [1.82, 2.24) is 0 Å². The number of hydrogen-bond acceptors (Lipinski definition) is 6. The van der Waals surface area contributed by atoms with Gasteiger partial charge in [-0.3, -0.25) is 14.4 Å². The smallest absolute Gasteiger partial charge is 0.306 e. The van der Waals surface area contributed by atoms with Crippen molar-refractivity contribution in [1.29, 1.82) is 0 Å². The molecule has 0 aliphatic carbocycles. The topological polar surface area (TPSA) is 78.9 Å². The molecule has 0 saturated heterocycles. The molecule has 0 amide bonds. The molecule has 0 aromatic rings. The fourth-order valence-corrected chi connectivity index (χ4v) is 10.7. The van der Waals surface area contributed by atoms with Crippen molar-refractivity contribution in [2.45, 2.75) is 399 Å². The summed E-state index contributed by atoms with van der Waals surface area (Å²) in [5.41, 5.74) is 0. The van der Waals surface area contributed by atoms with Gasteiger partial charge < -0.3 is 14.2 Å². The summed E-state index contributed by atoms with van der Waals surface area (Å²) in [4.78, 5) is 38.2. The molecule has 0 aliphatic rings. The van der Waals surface area contributed by atoms with Gasteiger partial charge >= 0.3 is 17.9 Å².